The van der Waals surface area contributed by atoms with E-state index in [1.807, 2.05) is 30.0 Å². The molecule has 0 spiro atoms. The first kappa shape index (κ1) is 14.0. The first-order valence-electron chi connectivity index (χ1n) is 7.62. The third-order valence-corrected chi connectivity index (χ3v) is 5.72. The molecule has 2 N–H and O–H groups in total. The lowest BCUT2D eigenvalue weighted by Crippen LogP contribution is -2.26. The molecule has 22 heavy (non-hydrogen) atoms. The highest BCUT2D eigenvalue weighted by Crippen LogP contribution is 2.44. The number of thioether (sulfide) groups is 1. The van der Waals surface area contributed by atoms with Gasteiger partial charge in [0.25, 0.3) is 0 Å². The third kappa shape index (κ3) is 2.27. The van der Waals surface area contributed by atoms with E-state index in [-0.39, 0.29) is 6.04 Å². The summed E-state index contributed by atoms with van der Waals surface area (Å²) in [6, 6.07) is 12.7. The molecule has 0 radical (unpaired) electrons. The highest BCUT2D eigenvalue weighted by atomic mass is 32.2. The number of benzene rings is 2. The zero-order valence-electron chi connectivity index (χ0n) is 12.5. The Morgan fingerprint density at radius 2 is 2.05 bits per heavy atom. The third-order valence-electron chi connectivity index (χ3n) is 4.40. The maximum absolute atomic E-state index is 6.15. The minimum absolute atomic E-state index is 0.280. The van der Waals surface area contributed by atoms with Gasteiger partial charge in [0.15, 0.2) is 0 Å². The molecule has 4 rings (SSSR count). The Hall–Kier alpha value is -1.65. The van der Waals surface area contributed by atoms with Gasteiger partial charge >= 0.3 is 0 Å². The van der Waals surface area contributed by atoms with E-state index in [0.717, 1.165) is 46.3 Å². The van der Waals surface area contributed by atoms with Gasteiger partial charge in [0.2, 0.25) is 0 Å². The zero-order chi connectivity index (χ0) is 15.1. The summed E-state index contributed by atoms with van der Waals surface area (Å²) in [5.41, 5.74) is 9.20. The van der Waals surface area contributed by atoms with Gasteiger partial charge < -0.3 is 14.9 Å². The van der Waals surface area contributed by atoms with Crippen LogP contribution in [0.1, 0.15) is 23.7 Å². The van der Waals surface area contributed by atoms with Crippen LogP contribution >= 0.6 is 11.8 Å². The van der Waals surface area contributed by atoms with E-state index >= 15 is 0 Å². The second-order valence-electron chi connectivity index (χ2n) is 5.83. The average molecular weight is 313 g/mol. The van der Waals surface area contributed by atoms with Crippen molar-refractivity contribution in [3.8, 4) is 5.75 Å². The van der Waals surface area contributed by atoms with Crippen molar-refractivity contribution in [2.45, 2.75) is 24.1 Å². The van der Waals surface area contributed by atoms with Crippen LogP contribution in [-0.4, -0.2) is 18.9 Å². The summed E-state index contributed by atoms with van der Waals surface area (Å²) < 4.78 is 11.7. The molecule has 4 heteroatoms. The second-order valence-corrected chi connectivity index (χ2v) is 7.14. The molecular weight excluding hydrogens is 294 g/mol. The molecule has 2 atom stereocenters. The molecule has 1 aliphatic heterocycles. The van der Waals surface area contributed by atoms with Gasteiger partial charge in [0, 0.05) is 27.6 Å². The van der Waals surface area contributed by atoms with Crippen molar-refractivity contribution in [1.82, 2.24) is 0 Å². The summed E-state index contributed by atoms with van der Waals surface area (Å²) in [6.45, 7) is 0. The summed E-state index contributed by atoms with van der Waals surface area (Å²) in [5, 5.41) is 2.63. The van der Waals surface area contributed by atoms with Gasteiger partial charge in [-0.3, -0.25) is 0 Å². The van der Waals surface area contributed by atoms with Gasteiger partial charge in [-0.1, -0.05) is 18.2 Å². The molecule has 2 aromatic carbocycles. The molecule has 2 heterocycles. The molecule has 0 amide bonds. The lowest BCUT2D eigenvalue weighted by Gasteiger charge is -2.27. The number of hydrogen-bond donors (Lipinski definition) is 1. The Balaban J connectivity index is 1.88. The number of fused-ring (bicyclic) bond motifs is 3. The Morgan fingerprint density at radius 3 is 2.86 bits per heavy atom. The van der Waals surface area contributed by atoms with Gasteiger partial charge in [0.05, 0.1) is 7.11 Å². The molecule has 0 bridgehead atoms. The number of nitrogens with two attached hydrogens (primary N) is 1. The molecule has 1 aromatic heterocycles. The van der Waals surface area contributed by atoms with E-state index in [4.69, 9.17) is 14.9 Å². The van der Waals surface area contributed by atoms with Crippen molar-refractivity contribution in [2.75, 3.05) is 12.9 Å². The van der Waals surface area contributed by atoms with Crippen LogP contribution in [0.2, 0.25) is 0 Å². The number of rotatable bonds is 2. The fourth-order valence-corrected chi connectivity index (χ4v) is 4.71. The smallest absolute Gasteiger partial charge is 0.136 e. The molecule has 3 nitrogen and oxygen atoms in total. The molecular formula is C18H19NO2S. The minimum atomic E-state index is 0.280. The molecule has 1 saturated heterocycles. The number of hydrogen-bond acceptors (Lipinski definition) is 4. The minimum Gasteiger partial charge on any atom is -0.496 e. The normalized spacial score (nSPS) is 22.3. The SMILES string of the molecule is COc1cc2c(cc1C1CC(N)CCS1)oc1ccccc12. The van der Waals surface area contributed by atoms with E-state index in [1.165, 1.54) is 5.56 Å². The largest absolute Gasteiger partial charge is 0.496 e. The molecule has 0 aliphatic carbocycles. The van der Waals surface area contributed by atoms with Gasteiger partial charge in [0.1, 0.15) is 16.9 Å². The van der Waals surface area contributed by atoms with Crippen molar-refractivity contribution in [3.05, 3.63) is 42.0 Å². The van der Waals surface area contributed by atoms with Crippen molar-refractivity contribution in [3.63, 3.8) is 0 Å². The lowest BCUT2D eigenvalue weighted by molar-refractivity contribution is 0.407. The van der Waals surface area contributed by atoms with Crippen molar-refractivity contribution in [2.24, 2.45) is 5.73 Å². The van der Waals surface area contributed by atoms with Crippen LogP contribution in [0.15, 0.2) is 40.8 Å². The summed E-state index contributed by atoms with van der Waals surface area (Å²) in [6.07, 6.45) is 2.09. The standard InChI is InChI=1S/C18H19NO2S/c1-20-16-9-13-12-4-2-3-5-15(12)21-17(13)10-14(16)18-8-11(19)6-7-22-18/h2-5,9-11,18H,6-8,19H2,1H3. The number of ether oxygens (including phenoxy) is 1. The number of para-hydroxylation sites is 1. The Labute approximate surface area is 133 Å². The van der Waals surface area contributed by atoms with E-state index in [2.05, 4.69) is 18.2 Å². The van der Waals surface area contributed by atoms with Crippen LogP contribution in [-0.2, 0) is 0 Å². The van der Waals surface area contributed by atoms with Crippen LogP contribution in [0.3, 0.4) is 0 Å². The van der Waals surface area contributed by atoms with Crippen molar-refractivity contribution in [1.29, 1.82) is 0 Å². The predicted molar refractivity (Wildman–Crippen MR) is 92.7 cm³/mol. The van der Waals surface area contributed by atoms with E-state index in [9.17, 15) is 0 Å². The van der Waals surface area contributed by atoms with E-state index < -0.39 is 0 Å². The monoisotopic (exact) mass is 313 g/mol. The highest BCUT2D eigenvalue weighted by Gasteiger charge is 2.25. The Morgan fingerprint density at radius 1 is 1.18 bits per heavy atom. The van der Waals surface area contributed by atoms with E-state index in [0.29, 0.717) is 5.25 Å². The van der Waals surface area contributed by atoms with Gasteiger partial charge in [-0.15, -0.1) is 0 Å². The Bertz CT molecular complexity index is 826. The van der Waals surface area contributed by atoms with Crippen LogP contribution < -0.4 is 10.5 Å². The molecule has 2 unspecified atom stereocenters. The Kier molecular flexibility index (Phi) is 3.51. The predicted octanol–water partition coefficient (Wildman–Crippen LogP) is 4.49. The van der Waals surface area contributed by atoms with Crippen molar-refractivity contribution >= 4 is 33.7 Å². The van der Waals surface area contributed by atoms with Gasteiger partial charge in [-0.05, 0) is 36.8 Å². The van der Waals surface area contributed by atoms with Gasteiger partial charge in [-0.25, -0.2) is 0 Å². The molecule has 1 aliphatic rings. The van der Waals surface area contributed by atoms with Crippen LogP contribution in [0.5, 0.6) is 5.75 Å². The zero-order valence-corrected chi connectivity index (χ0v) is 13.4. The van der Waals surface area contributed by atoms with E-state index in [1.54, 1.807) is 7.11 Å². The van der Waals surface area contributed by atoms with Crippen LogP contribution in [0.25, 0.3) is 21.9 Å². The molecule has 1 fully saturated rings. The topological polar surface area (TPSA) is 48.4 Å². The maximum Gasteiger partial charge on any atom is 0.136 e. The number of furan rings is 1. The van der Waals surface area contributed by atoms with Gasteiger partial charge in [-0.2, -0.15) is 11.8 Å². The number of methoxy groups -OCH3 is 1. The highest BCUT2D eigenvalue weighted by molar-refractivity contribution is 7.99. The molecule has 3 aromatic rings. The lowest BCUT2D eigenvalue weighted by atomic mass is 10.0. The van der Waals surface area contributed by atoms with Crippen molar-refractivity contribution < 1.29 is 9.15 Å². The van der Waals surface area contributed by atoms with Crippen LogP contribution in [0, 0.1) is 0 Å². The first-order valence-corrected chi connectivity index (χ1v) is 8.67. The fourth-order valence-electron chi connectivity index (χ4n) is 3.23. The summed E-state index contributed by atoms with van der Waals surface area (Å²) in [4.78, 5) is 0. The summed E-state index contributed by atoms with van der Waals surface area (Å²) in [7, 11) is 1.74. The molecule has 0 saturated carbocycles. The first-order chi connectivity index (χ1) is 10.8. The summed E-state index contributed by atoms with van der Waals surface area (Å²) >= 11 is 1.96. The average Bonchev–Trinajstić information content (AvgIpc) is 2.91. The second kappa shape index (κ2) is 5.52. The van der Waals surface area contributed by atoms with Crippen LogP contribution in [0.4, 0.5) is 0 Å². The molecule has 114 valence electrons. The maximum atomic E-state index is 6.15. The summed E-state index contributed by atoms with van der Waals surface area (Å²) in [5.74, 6) is 2.04. The quantitative estimate of drug-likeness (QED) is 0.757. The fraction of sp³-hybridized carbons (Fsp3) is 0.333.